The largest absolute Gasteiger partial charge is 0.393 e. The van der Waals surface area contributed by atoms with E-state index in [1.807, 2.05) is 0 Å². The minimum atomic E-state index is -0.540. The van der Waals surface area contributed by atoms with E-state index in [9.17, 15) is 10.2 Å². The summed E-state index contributed by atoms with van der Waals surface area (Å²) in [6.07, 6.45) is 4.36. The maximum absolute atomic E-state index is 10.8. The Bertz CT molecular complexity index is 474. The molecule has 21 heavy (non-hydrogen) atoms. The Morgan fingerprint density at radius 2 is 1.86 bits per heavy atom. The standard InChI is InChI=1S/C18H27NO2/c1-14-4-2-3-5-16(14)12-18(21)6-8-19(9-7-18)13-15-10-17(20)11-15/h2-5,15,17,20-21H,6-13H2,1H3. The predicted molar refractivity (Wildman–Crippen MR) is 84.2 cm³/mol. The Hall–Kier alpha value is -0.900. The highest BCUT2D eigenvalue weighted by Gasteiger charge is 2.35. The minimum absolute atomic E-state index is 0.0576. The van der Waals surface area contributed by atoms with E-state index in [1.165, 1.54) is 11.1 Å². The molecule has 0 amide bonds. The summed E-state index contributed by atoms with van der Waals surface area (Å²) in [4.78, 5) is 2.46. The van der Waals surface area contributed by atoms with E-state index in [0.29, 0.717) is 5.92 Å². The minimum Gasteiger partial charge on any atom is -0.393 e. The molecule has 1 aliphatic carbocycles. The molecule has 116 valence electrons. The average Bonchev–Trinajstić information content (AvgIpc) is 2.42. The third-order valence-corrected chi connectivity index (χ3v) is 5.29. The molecule has 1 aromatic rings. The first kappa shape index (κ1) is 15.0. The number of hydrogen-bond donors (Lipinski definition) is 2. The van der Waals surface area contributed by atoms with E-state index >= 15 is 0 Å². The number of nitrogens with zero attached hydrogens (tertiary/aromatic N) is 1. The summed E-state index contributed by atoms with van der Waals surface area (Å²) in [5.41, 5.74) is 2.01. The number of piperidine rings is 1. The van der Waals surface area contributed by atoms with E-state index in [4.69, 9.17) is 0 Å². The van der Waals surface area contributed by atoms with Crippen LogP contribution in [0.4, 0.5) is 0 Å². The van der Waals surface area contributed by atoms with Gasteiger partial charge in [0, 0.05) is 26.1 Å². The van der Waals surface area contributed by atoms with Crippen LogP contribution in [0.2, 0.25) is 0 Å². The lowest BCUT2D eigenvalue weighted by atomic mass is 9.80. The maximum atomic E-state index is 10.8. The van der Waals surface area contributed by atoms with Crippen LogP contribution in [-0.2, 0) is 6.42 Å². The van der Waals surface area contributed by atoms with Gasteiger partial charge in [-0.25, -0.2) is 0 Å². The lowest BCUT2D eigenvalue weighted by Crippen LogP contribution is -2.48. The van der Waals surface area contributed by atoms with Gasteiger partial charge in [-0.2, -0.15) is 0 Å². The van der Waals surface area contributed by atoms with Crippen molar-refractivity contribution in [3.05, 3.63) is 35.4 Å². The summed E-state index contributed by atoms with van der Waals surface area (Å²) >= 11 is 0. The molecule has 0 atom stereocenters. The maximum Gasteiger partial charge on any atom is 0.0712 e. The van der Waals surface area contributed by atoms with Gasteiger partial charge in [0.2, 0.25) is 0 Å². The summed E-state index contributed by atoms with van der Waals surface area (Å²) in [5, 5.41) is 20.2. The highest BCUT2D eigenvalue weighted by molar-refractivity contribution is 5.27. The SMILES string of the molecule is Cc1ccccc1CC1(O)CCN(CC2CC(O)C2)CC1. The summed E-state index contributed by atoms with van der Waals surface area (Å²) < 4.78 is 0. The van der Waals surface area contributed by atoms with Gasteiger partial charge in [-0.15, -0.1) is 0 Å². The van der Waals surface area contributed by atoms with Crippen LogP contribution in [0.15, 0.2) is 24.3 Å². The van der Waals surface area contributed by atoms with E-state index in [-0.39, 0.29) is 6.10 Å². The van der Waals surface area contributed by atoms with Gasteiger partial charge in [-0.3, -0.25) is 0 Å². The molecule has 0 aromatic heterocycles. The molecule has 2 aliphatic rings. The zero-order valence-corrected chi connectivity index (χ0v) is 13.0. The average molecular weight is 289 g/mol. The Labute approximate surface area is 127 Å². The number of aryl methyl sites for hydroxylation is 1. The molecule has 1 saturated heterocycles. The smallest absolute Gasteiger partial charge is 0.0712 e. The highest BCUT2D eigenvalue weighted by atomic mass is 16.3. The first-order chi connectivity index (χ1) is 10.0. The second-order valence-electron chi connectivity index (χ2n) is 7.12. The zero-order chi connectivity index (χ0) is 14.9. The van der Waals surface area contributed by atoms with Crippen LogP contribution in [0, 0.1) is 12.8 Å². The Morgan fingerprint density at radius 1 is 1.19 bits per heavy atom. The van der Waals surface area contributed by atoms with Crippen molar-refractivity contribution in [2.24, 2.45) is 5.92 Å². The summed E-state index contributed by atoms with van der Waals surface area (Å²) in [6.45, 7) is 5.18. The number of hydrogen-bond acceptors (Lipinski definition) is 3. The van der Waals surface area contributed by atoms with E-state index in [2.05, 4.69) is 36.1 Å². The van der Waals surface area contributed by atoms with Crippen LogP contribution < -0.4 is 0 Å². The fourth-order valence-corrected chi connectivity index (χ4v) is 3.71. The molecular weight excluding hydrogens is 262 g/mol. The van der Waals surface area contributed by atoms with Crippen molar-refractivity contribution in [3.8, 4) is 0 Å². The number of aliphatic hydroxyl groups is 2. The van der Waals surface area contributed by atoms with E-state index in [1.54, 1.807) is 0 Å². The third kappa shape index (κ3) is 3.65. The molecule has 1 heterocycles. The van der Waals surface area contributed by atoms with Crippen molar-refractivity contribution in [1.82, 2.24) is 4.90 Å². The molecule has 0 spiro atoms. The van der Waals surface area contributed by atoms with Crippen LogP contribution in [0.1, 0.15) is 36.8 Å². The van der Waals surface area contributed by atoms with Gasteiger partial charge in [0.1, 0.15) is 0 Å². The van der Waals surface area contributed by atoms with Crippen molar-refractivity contribution in [2.45, 2.75) is 50.7 Å². The number of likely N-dealkylation sites (tertiary alicyclic amines) is 1. The number of rotatable bonds is 4. The lowest BCUT2D eigenvalue weighted by molar-refractivity contribution is -0.0360. The second kappa shape index (κ2) is 6.07. The second-order valence-corrected chi connectivity index (χ2v) is 7.12. The number of benzene rings is 1. The van der Waals surface area contributed by atoms with Crippen LogP contribution in [0.5, 0.6) is 0 Å². The monoisotopic (exact) mass is 289 g/mol. The first-order valence-corrected chi connectivity index (χ1v) is 8.21. The predicted octanol–water partition coefficient (Wildman–Crippen LogP) is 2.14. The van der Waals surface area contributed by atoms with Crippen molar-refractivity contribution >= 4 is 0 Å². The fraction of sp³-hybridized carbons (Fsp3) is 0.667. The highest BCUT2D eigenvalue weighted by Crippen LogP contribution is 2.31. The molecule has 0 unspecified atom stereocenters. The molecular formula is C18H27NO2. The summed E-state index contributed by atoms with van der Waals surface area (Å²) in [5.74, 6) is 0.669. The normalized spacial score (nSPS) is 29.1. The van der Waals surface area contributed by atoms with Gasteiger partial charge in [0.25, 0.3) is 0 Å². The number of aliphatic hydroxyl groups excluding tert-OH is 1. The molecule has 2 fully saturated rings. The van der Waals surface area contributed by atoms with E-state index in [0.717, 1.165) is 51.7 Å². The van der Waals surface area contributed by atoms with Gasteiger partial charge in [0.05, 0.1) is 11.7 Å². The van der Waals surface area contributed by atoms with Crippen LogP contribution in [0.3, 0.4) is 0 Å². The fourth-order valence-electron chi connectivity index (χ4n) is 3.71. The summed E-state index contributed by atoms with van der Waals surface area (Å²) in [6, 6.07) is 8.37. The van der Waals surface area contributed by atoms with Crippen molar-refractivity contribution in [1.29, 1.82) is 0 Å². The van der Waals surface area contributed by atoms with Crippen molar-refractivity contribution in [3.63, 3.8) is 0 Å². The molecule has 0 radical (unpaired) electrons. The van der Waals surface area contributed by atoms with E-state index < -0.39 is 5.60 Å². The topological polar surface area (TPSA) is 43.7 Å². The lowest BCUT2D eigenvalue weighted by Gasteiger charge is -2.42. The first-order valence-electron chi connectivity index (χ1n) is 8.21. The molecule has 0 bridgehead atoms. The third-order valence-electron chi connectivity index (χ3n) is 5.29. The Morgan fingerprint density at radius 3 is 2.48 bits per heavy atom. The Balaban J connectivity index is 1.51. The van der Waals surface area contributed by atoms with Crippen LogP contribution >= 0.6 is 0 Å². The summed E-state index contributed by atoms with van der Waals surface area (Å²) in [7, 11) is 0. The molecule has 2 N–H and O–H groups in total. The molecule has 1 aromatic carbocycles. The van der Waals surface area contributed by atoms with Crippen molar-refractivity contribution in [2.75, 3.05) is 19.6 Å². The zero-order valence-electron chi connectivity index (χ0n) is 13.0. The molecule has 3 rings (SSSR count). The van der Waals surface area contributed by atoms with Gasteiger partial charge in [-0.1, -0.05) is 24.3 Å². The van der Waals surface area contributed by atoms with Crippen molar-refractivity contribution < 1.29 is 10.2 Å². The van der Waals surface area contributed by atoms with Gasteiger partial charge < -0.3 is 15.1 Å². The van der Waals surface area contributed by atoms with Gasteiger partial charge >= 0.3 is 0 Å². The van der Waals surface area contributed by atoms with Gasteiger partial charge in [-0.05, 0) is 49.7 Å². The molecule has 3 heteroatoms. The quantitative estimate of drug-likeness (QED) is 0.892. The van der Waals surface area contributed by atoms with Gasteiger partial charge in [0.15, 0.2) is 0 Å². The Kier molecular flexibility index (Phi) is 4.34. The van der Waals surface area contributed by atoms with Crippen LogP contribution in [-0.4, -0.2) is 46.5 Å². The molecule has 1 aliphatic heterocycles. The molecule has 1 saturated carbocycles. The molecule has 3 nitrogen and oxygen atoms in total. The van der Waals surface area contributed by atoms with Crippen LogP contribution in [0.25, 0.3) is 0 Å².